The number of carbonyl (C=O) groups excluding carboxylic acids is 1. The summed E-state index contributed by atoms with van der Waals surface area (Å²) >= 11 is 4.29. The second kappa shape index (κ2) is 6.64. The van der Waals surface area contributed by atoms with Gasteiger partial charge in [-0.25, -0.2) is 19.0 Å². The van der Waals surface area contributed by atoms with Gasteiger partial charge in [-0.05, 0) is 18.2 Å². The van der Waals surface area contributed by atoms with E-state index in [9.17, 15) is 14.0 Å². The number of benzene rings is 1. The second-order valence-electron chi connectivity index (χ2n) is 3.86. The minimum absolute atomic E-state index is 0.0345. The zero-order chi connectivity index (χ0) is 15.4. The van der Waals surface area contributed by atoms with Crippen LogP contribution in [-0.4, -0.2) is 22.1 Å². The number of carbonyl (C=O) groups is 2. The van der Waals surface area contributed by atoms with Gasteiger partial charge in [0.05, 0.1) is 12.2 Å². The SMILES string of the molecule is O=C(NCc1nc(C(=O)O)cs1)Nc1cc(Br)ccc1F. The summed E-state index contributed by atoms with van der Waals surface area (Å²) in [6.45, 7) is 0.0550. The summed E-state index contributed by atoms with van der Waals surface area (Å²) in [7, 11) is 0. The van der Waals surface area contributed by atoms with Crippen molar-refractivity contribution in [2.24, 2.45) is 0 Å². The summed E-state index contributed by atoms with van der Waals surface area (Å²) in [5, 5.41) is 15.4. The van der Waals surface area contributed by atoms with Gasteiger partial charge in [0.15, 0.2) is 5.69 Å². The molecule has 0 spiro atoms. The highest BCUT2D eigenvalue weighted by molar-refractivity contribution is 9.10. The molecule has 0 aliphatic heterocycles. The van der Waals surface area contributed by atoms with Crippen molar-refractivity contribution in [3.05, 3.63) is 44.6 Å². The van der Waals surface area contributed by atoms with E-state index in [4.69, 9.17) is 5.11 Å². The lowest BCUT2D eigenvalue weighted by molar-refractivity contribution is 0.0691. The van der Waals surface area contributed by atoms with Gasteiger partial charge < -0.3 is 15.7 Å². The van der Waals surface area contributed by atoms with Crippen molar-refractivity contribution in [2.45, 2.75) is 6.54 Å². The molecule has 0 fully saturated rings. The van der Waals surface area contributed by atoms with Gasteiger partial charge in [0.25, 0.3) is 0 Å². The predicted octanol–water partition coefficient (Wildman–Crippen LogP) is 3.06. The van der Waals surface area contributed by atoms with Crippen LogP contribution in [0.15, 0.2) is 28.1 Å². The van der Waals surface area contributed by atoms with Gasteiger partial charge in [0.2, 0.25) is 0 Å². The van der Waals surface area contributed by atoms with E-state index in [0.717, 1.165) is 11.3 Å². The van der Waals surface area contributed by atoms with E-state index >= 15 is 0 Å². The Balaban J connectivity index is 1.92. The predicted molar refractivity (Wildman–Crippen MR) is 79.0 cm³/mol. The van der Waals surface area contributed by atoms with Crippen LogP contribution in [0.3, 0.4) is 0 Å². The van der Waals surface area contributed by atoms with Gasteiger partial charge in [-0.1, -0.05) is 15.9 Å². The zero-order valence-electron chi connectivity index (χ0n) is 10.4. The first-order valence-corrected chi connectivity index (χ1v) is 7.30. The number of halogens is 2. The topological polar surface area (TPSA) is 91.3 Å². The van der Waals surface area contributed by atoms with Crippen LogP contribution < -0.4 is 10.6 Å². The lowest BCUT2D eigenvalue weighted by Gasteiger charge is -2.07. The number of nitrogens with one attached hydrogen (secondary N) is 2. The van der Waals surface area contributed by atoms with E-state index in [-0.39, 0.29) is 17.9 Å². The van der Waals surface area contributed by atoms with Gasteiger partial charge in [-0.3, -0.25) is 0 Å². The number of hydrogen-bond acceptors (Lipinski definition) is 4. The lowest BCUT2D eigenvalue weighted by Crippen LogP contribution is -2.28. The van der Waals surface area contributed by atoms with E-state index in [0.29, 0.717) is 9.48 Å². The Labute approximate surface area is 131 Å². The number of urea groups is 1. The maximum atomic E-state index is 13.4. The Bertz CT molecular complexity index is 692. The Morgan fingerprint density at radius 2 is 2.19 bits per heavy atom. The van der Waals surface area contributed by atoms with Crippen molar-refractivity contribution in [3.8, 4) is 0 Å². The molecule has 2 rings (SSSR count). The fourth-order valence-electron chi connectivity index (χ4n) is 1.41. The zero-order valence-corrected chi connectivity index (χ0v) is 12.8. The fourth-order valence-corrected chi connectivity index (χ4v) is 2.47. The minimum Gasteiger partial charge on any atom is -0.476 e. The van der Waals surface area contributed by atoms with Crippen LogP contribution in [0.1, 0.15) is 15.5 Å². The number of anilines is 1. The molecule has 0 radical (unpaired) electrons. The summed E-state index contributed by atoms with van der Waals surface area (Å²) in [4.78, 5) is 26.1. The molecule has 1 heterocycles. The Morgan fingerprint density at radius 1 is 1.43 bits per heavy atom. The summed E-state index contributed by atoms with van der Waals surface area (Å²) in [6, 6.07) is 3.56. The number of aromatic nitrogens is 1. The number of carboxylic acids is 1. The molecule has 0 atom stereocenters. The standard InChI is InChI=1S/C12H9BrFN3O3S/c13-6-1-2-7(14)8(3-6)17-12(20)15-4-10-16-9(5-21-10)11(18)19/h1-3,5H,4H2,(H,18,19)(H2,15,17,20). The quantitative estimate of drug-likeness (QED) is 0.767. The molecule has 1 aromatic heterocycles. The second-order valence-corrected chi connectivity index (χ2v) is 5.72. The third kappa shape index (κ3) is 4.23. The van der Waals surface area contributed by atoms with Crippen molar-refractivity contribution in [1.29, 1.82) is 0 Å². The number of carboxylic acid groups (broad SMARTS) is 1. The van der Waals surface area contributed by atoms with E-state index in [1.807, 2.05) is 0 Å². The van der Waals surface area contributed by atoms with E-state index in [2.05, 4.69) is 31.5 Å². The van der Waals surface area contributed by atoms with Crippen LogP contribution in [0.25, 0.3) is 0 Å². The van der Waals surface area contributed by atoms with Crippen molar-refractivity contribution in [1.82, 2.24) is 10.3 Å². The van der Waals surface area contributed by atoms with Gasteiger partial charge >= 0.3 is 12.0 Å². The highest BCUT2D eigenvalue weighted by Crippen LogP contribution is 2.19. The molecule has 9 heteroatoms. The van der Waals surface area contributed by atoms with Crippen LogP contribution in [-0.2, 0) is 6.54 Å². The van der Waals surface area contributed by atoms with Crippen molar-refractivity contribution in [2.75, 3.05) is 5.32 Å². The molecule has 0 unspecified atom stereocenters. The van der Waals surface area contributed by atoms with Crippen molar-refractivity contribution < 1.29 is 19.1 Å². The van der Waals surface area contributed by atoms with Crippen LogP contribution in [0.5, 0.6) is 0 Å². The molecule has 6 nitrogen and oxygen atoms in total. The molecule has 0 saturated heterocycles. The lowest BCUT2D eigenvalue weighted by atomic mass is 10.3. The summed E-state index contributed by atoms with van der Waals surface area (Å²) in [5.41, 5.74) is -0.0394. The number of nitrogens with zero attached hydrogens (tertiary/aromatic N) is 1. The minimum atomic E-state index is -1.13. The smallest absolute Gasteiger partial charge is 0.355 e. The molecule has 2 amide bonds. The monoisotopic (exact) mass is 373 g/mol. The highest BCUT2D eigenvalue weighted by Gasteiger charge is 2.10. The third-order valence-corrected chi connectivity index (χ3v) is 3.69. The Hall–Kier alpha value is -2.00. The molecule has 3 N–H and O–H groups in total. The molecule has 0 bridgehead atoms. The van der Waals surface area contributed by atoms with Gasteiger partial charge in [0, 0.05) is 9.85 Å². The first-order valence-electron chi connectivity index (χ1n) is 5.63. The molecular weight excluding hydrogens is 365 g/mol. The molecule has 0 aliphatic rings. The summed E-state index contributed by atoms with van der Waals surface area (Å²) < 4.78 is 14.1. The molecule has 0 aliphatic carbocycles. The van der Waals surface area contributed by atoms with Crippen LogP contribution in [0.4, 0.5) is 14.9 Å². The highest BCUT2D eigenvalue weighted by atomic mass is 79.9. The van der Waals surface area contributed by atoms with E-state index < -0.39 is 17.8 Å². The molecule has 0 saturated carbocycles. The van der Waals surface area contributed by atoms with Crippen molar-refractivity contribution in [3.63, 3.8) is 0 Å². The van der Waals surface area contributed by atoms with Crippen molar-refractivity contribution >= 4 is 45.0 Å². The number of amides is 2. The van der Waals surface area contributed by atoms with Gasteiger partial charge in [-0.15, -0.1) is 11.3 Å². The number of hydrogen-bond donors (Lipinski definition) is 3. The fraction of sp³-hybridized carbons (Fsp3) is 0.0833. The first kappa shape index (κ1) is 15.4. The maximum Gasteiger partial charge on any atom is 0.355 e. The van der Waals surface area contributed by atoms with Gasteiger partial charge in [0.1, 0.15) is 10.8 Å². The molecule has 1 aromatic carbocycles. The molecule has 2 aromatic rings. The number of thiazole rings is 1. The van der Waals surface area contributed by atoms with Crippen LogP contribution in [0.2, 0.25) is 0 Å². The normalized spacial score (nSPS) is 10.2. The molecular formula is C12H9BrFN3O3S. The molecule has 21 heavy (non-hydrogen) atoms. The first-order chi connectivity index (χ1) is 9.95. The van der Waals surface area contributed by atoms with Crippen LogP contribution >= 0.6 is 27.3 Å². The van der Waals surface area contributed by atoms with E-state index in [1.165, 1.54) is 23.6 Å². The summed E-state index contributed by atoms with van der Waals surface area (Å²) in [5.74, 6) is -1.69. The third-order valence-electron chi connectivity index (χ3n) is 2.35. The average Bonchev–Trinajstić information content (AvgIpc) is 2.90. The van der Waals surface area contributed by atoms with Crippen LogP contribution in [0, 0.1) is 5.82 Å². The van der Waals surface area contributed by atoms with E-state index in [1.54, 1.807) is 0 Å². The average molecular weight is 374 g/mol. The largest absolute Gasteiger partial charge is 0.476 e. The molecule has 110 valence electrons. The number of aromatic carboxylic acids is 1. The van der Waals surface area contributed by atoms with Gasteiger partial charge in [-0.2, -0.15) is 0 Å². The number of rotatable bonds is 4. The Kier molecular flexibility index (Phi) is 4.86. The maximum absolute atomic E-state index is 13.4. The Morgan fingerprint density at radius 3 is 2.86 bits per heavy atom. The summed E-state index contributed by atoms with van der Waals surface area (Å²) in [6.07, 6.45) is 0.